The van der Waals surface area contributed by atoms with Crippen LogP contribution in [0.2, 0.25) is 5.02 Å². The molecule has 0 fully saturated rings. The van der Waals surface area contributed by atoms with Crippen LogP contribution in [0, 0.1) is 0 Å². The third-order valence-electron chi connectivity index (χ3n) is 2.67. The lowest BCUT2D eigenvalue weighted by Gasteiger charge is -1.97. The molecule has 0 N–H and O–H groups in total. The minimum Gasteiger partial charge on any atom is -1.00 e. The van der Waals surface area contributed by atoms with Crippen molar-refractivity contribution in [2.24, 2.45) is 0 Å². The molecule has 0 aliphatic heterocycles. The van der Waals surface area contributed by atoms with Crippen LogP contribution in [0.4, 0.5) is 0 Å². The largest absolute Gasteiger partial charge is 1.00 e. The van der Waals surface area contributed by atoms with E-state index in [9.17, 15) is 4.79 Å². The predicted octanol–water partition coefficient (Wildman–Crippen LogP) is -0.273. The molecule has 0 saturated carbocycles. The molecule has 0 bridgehead atoms. The fourth-order valence-corrected chi connectivity index (χ4v) is 2.01. The lowest BCUT2D eigenvalue weighted by Crippen LogP contribution is -3.00. The Labute approximate surface area is 120 Å². The molecule has 0 radical (unpaired) electrons. The summed E-state index contributed by atoms with van der Waals surface area (Å²) in [6.07, 6.45) is 3.43. The Balaban J connectivity index is 0.00000133. The van der Waals surface area contributed by atoms with Gasteiger partial charge in [-0.25, -0.2) is 4.79 Å². The topological polar surface area (TPSA) is 34.1 Å². The molecule has 1 aromatic carbocycles. The van der Waals surface area contributed by atoms with Crippen molar-refractivity contribution in [1.29, 1.82) is 0 Å². The normalized spacial score (nSPS) is 10.2. The number of pyridine rings is 1. The van der Waals surface area contributed by atoms with Crippen LogP contribution in [-0.4, -0.2) is 0 Å². The summed E-state index contributed by atoms with van der Waals surface area (Å²) in [5.74, 6) is 0. The van der Waals surface area contributed by atoms with E-state index >= 15 is 0 Å². The van der Waals surface area contributed by atoms with Crippen molar-refractivity contribution in [3.63, 3.8) is 0 Å². The molecule has 19 heavy (non-hydrogen) atoms. The van der Waals surface area contributed by atoms with Gasteiger partial charge in [0.25, 0.3) is 5.69 Å². The molecule has 2 heterocycles. The molecule has 0 atom stereocenters. The molecule has 3 aromatic rings. The Morgan fingerprint density at radius 3 is 2.68 bits per heavy atom. The summed E-state index contributed by atoms with van der Waals surface area (Å²) in [6.45, 7) is 0. The van der Waals surface area contributed by atoms with E-state index < -0.39 is 0 Å². The molecule has 0 aliphatic carbocycles. The van der Waals surface area contributed by atoms with Crippen LogP contribution >= 0.6 is 11.6 Å². The van der Waals surface area contributed by atoms with Crippen LogP contribution in [0.25, 0.3) is 16.7 Å². The van der Waals surface area contributed by atoms with E-state index in [-0.39, 0.29) is 18.0 Å². The van der Waals surface area contributed by atoms with E-state index in [0.29, 0.717) is 16.3 Å². The quantitative estimate of drug-likeness (QED) is 0.457. The van der Waals surface area contributed by atoms with Crippen molar-refractivity contribution < 1.29 is 21.4 Å². The van der Waals surface area contributed by atoms with E-state index in [0.717, 1.165) is 5.39 Å². The van der Waals surface area contributed by atoms with Crippen molar-refractivity contribution in [1.82, 2.24) is 0 Å². The van der Waals surface area contributed by atoms with Gasteiger partial charge in [0.05, 0.1) is 0 Å². The van der Waals surface area contributed by atoms with Crippen LogP contribution in [0.5, 0.6) is 0 Å². The van der Waals surface area contributed by atoms with E-state index in [1.165, 1.54) is 0 Å². The van der Waals surface area contributed by atoms with Gasteiger partial charge < -0.3 is 16.8 Å². The van der Waals surface area contributed by atoms with Crippen molar-refractivity contribution in [3.8, 4) is 5.69 Å². The van der Waals surface area contributed by atoms with Crippen LogP contribution in [0.15, 0.2) is 64.1 Å². The number of halogens is 2. The molecule has 96 valence electrons. The summed E-state index contributed by atoms with van der Waals surface area (Å²) in [4.78, 5) is 11.9. The number of benzene rings is 1. The minimum absolute atomic E-state index is 0. The number of para-hydroxylation sites is 1. The zero-order valence-corrected chi connectivity index (χ0v) is 11.2. The van der Waals surface area contributed by atoms with Gasteiger partial charge in [-0.15, -0.1) is 0 Å². The van der Waals surface area contributed by atoms with Crippen LogP contribution in [0.3, 0.4) is 0 Å². The highest BCUT2D eigenvalue weighted by atomic mass is 35.5. The molecule has 5 heteroatoms. The van der Waals surface area contributed by atoms with Crippen molar-refractivity contribution in [2.75, 3.05) is 0 Å². The van der Waals surface area contributed by atoms with Crippen LogP contribution < -0.4 is 22.6 Å². The highest BCUT2D eigenvalue weighted by Gasteiger charge is 2.14. The summed E-state index contributed by atoms with van der Waals surface area (Å²) in [5, 5.41) is 1.43. The van der Waals surface area contributed by atoms with Gasteiger partial charge in [-0.3, -0.25) is 0 Å². The molecule has 0 saturated heterocycles. The fraction of sp³-hybridized carbons (Fsp3) is 0. The molecule has 2 aromatic heterocycles. The second-order valence-electron chi connectivity index (χ2n) is 3.89. The van der Waals surface area contributed by atoms with E-state index in [4.69, 9.17) is 16.0 Å². The smallest absolute Gasteiger partial charge is 0.409 e. The Morgan fingerprint density at radius 2 is 1.89 bits per heavy atom. The first-order valence-corrected chi connectivity index (χ1v) is 5.82. The van der Waals surface area contributed by atoms with E-state index in [2.05, 4.69) is 0 Å². The average Bonchev–Trinajstić information content (AvgIpc) is 2.38. The van der Waals surface area contributed by atoms with E-state index in [1.54, 1.807) is 41.2 Å². The minimum atomic E-state index is -0.388. The summed E-state index contributed by atoms with van der Waals surface area (Å²) in [5.41, 5.74) is 0.631. The number of rotatable bonds is 1. The zero-order chi connectivity index (χ0) is 12.5. The molecule has 0 spiro atoms. The monoisotopic (exact) mass is 293 g/mol. The first-order valence-electron chi connectivity index (χ1n) is 5.44. The van der Waals surface area contributed by atoms with Gasteiger partial charge in [-0.2, -0.15) is 4.57 Å². The van der Waals surface area contributed by atoms with Crippen molar-refractivity contribution >= 4 is 22.6 Å². The molecular weight excluding hydrogens is 285 g/mol. The Kier molecular flexibility index (Phi) is 3.88. The van der Waals surface area contributed by atoms with Gasteiger partial charge in [0.2, 0.25) is 0 Å². The lowest BCUT2D eigenvalue weighted by atomic mass is 10.2. The fourth-order valence-electron chi connectivity index (χ4n) is 1.83. The number of nitrogens with zero attached hydrogens (tertiary/aromatic N) is 1. The highest BCUT2D eigenvalue weighted by Crippen LogP contribution is 2.12. The number of aromatic nitrogens is 1. The molecule has 0 aliphatic rings. The highest BCUT2D eigenvalue weighted by molar-refractivity contribution is 6.30. The third-order valence-corrected chi connectivity index (χ3v) is 2.89. The molecule has 0 amide bonds. The van der Waals surface area contributed by atoms with Gasteiger partial charge in [0.1, 0.15) is 10.6 Å². The second-order valence-corrected chi connectivity index (χ2v) is 4.32. The Bertz CT molecular complexity index is 783. The van der Waals surface area contributed by atoms with Crippen LogP contribution in [-0.2, 0) is 0 Å². The van der Waals surface area contributed by atoms with Gasteiger partial charge in [0.15, 0.2) is 12.4 Å². The maximum atomic E-state index is 11.9. The predicted molar refractivity (Wildman–Crippen MR) is 69.0 cm³/mol. The SMILES string of the molecule is O=c1oc2ccccc2cc1-[n+]1cccc(Cl)c1.[Cl-]. The summed E-state index contributed by atoms with van der Waals surface area (Å²) in [7, 11) is 0. The van der Waals surface area contributed by atoms with Gasteiger partial charge >= 0.3 is 5.63 Å². The molecule has 3 nitrogen and oxygen atoms in total. The molecule has 3 rings (SSSR count). The summed E-state index contributed by atoms with van der Waals surface area (Å²) >= 11 is 5.91. The number of hydrogen-bond acceptors (Lipinski definition) is 2. The summed E-state index contributed by atoms with van der Waals surface area (Å²) < 4.78 is 6.92. The maximum absolute atomic E-state index is 11.9. The van der Waals surface area contributed by atoms with Crippen molar-refractivity contribution in [2.45, 2.75) is 0 Å². The third kappa shape index (κ3) is 2.62. The maximum Gasteiger partial charge on any atom is 0.409 e. The first kappa shape index (κ1) is 13.6. The molecule has 0 unspecified atom stereocenters. The second kappa shape index (κ2) is 5.43. The van der Waals surface area contributed by atoms with Crippen LogP contribution in [0.1, 0.15) is 0 Å². The van der Waals surface area contributed by atoms with Gasteiger partial charge in [0, 0.05) is 17.5 Å². The van der Waals surface area contributed by atoms with Crippen molar-refractivity contribution in [3.05, 3.63) is 70.3 Å². The summed E-state index contributed by atoms with van der Waals surface area (Å²) in [6, 6.07) is 12.7. The standard InChI is InChI=1S/C14H9ClNO2.ClH/c15-11-5-3-7-16(9-11)12-8-10-4-1-2-6-13(10)18-14(12)17;/h1-9H;1H/q+1;/p-1. The lowest BCUT2D eigenvalue weighted by molar-refractivity contribution is -0.597. The van der Waals surface area contributed by atoms with Gasteiger partial charge in [-0.1, -0.05) is 29.8 Å². The average molecular weight is 294 g/mol. The first-order chi connectivity index (χ1) is 8.74. The van der Waals surface area contributed by atoms with E-state index in [1.807, 2.05) is 18.2 Å². The Morgan fingerprint density at radius 1 is 1.11 bits per heavy atom. The number of fused-ring (bicyclic) bond motifs is 1. The Hall–Kier alpha value is -1.84. The van der Waals surface area contributed by atoms with Gasteiger partial charge in [-0.05, 0) is 12.1 Å². The molecular formula is C14H9Cl2NO2. The zero-order valence-electron chi connectivity index (χ0n) is 9.72. The number of hydrogen-bond donors (Lipinski definition) is 0.